The number of hydrogen-bond donors (Lipinski definition) is 1. The molecule has 5 nitrogen and oxygen atoms in total. The van der Waals surface area contributed by atoms with Gasteiger partial charge >= 0.3 is 5.97 Å². The molecule has 3 rings (SSSR count). The van der Waals surface area contributed by atoms with Gasteiger partial charge in [-0.25, -0.2) is 14.8 Å². The van der Waals surface area contributed by atoms with E-state index >= 15 is 0 Å². The topological polar surface area (TPSA) is 78.1 Å². The molecule has 0 fully saturated rings. The highest BCUT2D eigenvalue weighted by atomic mass is 32.2. The fraction of sp³-hybridized carbons (Fsp3) is 0.0714. The smallest absolute Gasteiger partial charge is 0.340 e. The van der Waals surface area contributed by atoms with Gasteiger partial charge in [-0.15, -0.1) is 11.3 Å². The van der Waals surface area contributed by atoms with E-state index in [1.165, 1.54) is 25.1 Å². The number of nitrogens with zero attached hydrogens (tertiary/aromatic N) is 2. The lowest BCUT2D eigenvalue weighted by Gasteiger charge is -2.06. The maximum Gasteiger partial charge on any atom is 0.340 e. The van der Waals surface area contributed by atoms with Crippen LogP contribution in [0.4, 0.5) is 5.69 Å². The number of pyridine rings is 1. The molecule has 0 aliphatic rings. The van der Waals surface area contributed by atoms with E-state index in [0.717, 1.165) is 14.6 Å². The molecule has 0 amide bonds. The maximum absolute atomic E-state index is 11.6. The van der Waals surface area contributed by atoms with Crippen molar-refractivity contribution in [2.24, 2.45) is 0 Å². The van der Waals surface area contributed by atoms with Gasteiger partial charge in [-0.05, 0) is 30.0 Å². The van der Waals surface area contributed by atoms with Crippen molar-refractivity contribution in [3.05, 3.63) is 42.1 Å². The molecular formula is C14H11N3O2S2. The van der Waals surface area contributed by atoms with E-state index < -0.39 is 5.97 Å². The fourth-order valence-corrected chi connectivity index (χ4v) is 3.81. The molecule has 0 aliphatic carbocycles. The first-order valence-corrected chi connectivity index (χ1v) is 7.68. The Labute approximate surface area is 129 Å². The van der Waals surface area contributed by atoms with Crippen LogP contribution in [0.15, 0.2) is 45.9 Å². The van der Waals surface area contributed by atoms with Crippen molar-refractivity contribution in [2.45, 2.75) is 9.37 Å². The third kappa shape index (κ3) is 2.70. The second-order valence-corrected chi connectivity index (χ2v) is 6.39. The van der Waals surface area contributed by atoms with Crippen LogP contribution in [0.5, 0.6) is 0 Å². The Balaban J connectivity index is 1.96. The average molecular weight is 317 g/mol. The number of carbonyl (C=O) groups is 1. The number of thiazole rings is 1. The Morgan fingerprint density at radius 2 is 2.14 bits per heavy atom. The molecule has 21 heavy (non-hydrogen) atoms. The van der Waals surface area contributed by atoms with Gasteiger partial charge in [0.2, 0.25) is 0 Å². The van der Waals surface area contributed by atoms with Gasteiger partial charge in [0, 0.05) is 6.20 Å². The molecule has 106 valence electrons. The summed E-state index contributed by atoms with van der Waals surface area (Å²) in [6.07, 6.45) is 1.54. The molecule has 7 heteroatoms. The molecule has 0 aliphatic heterocycles. The SMILES string of the molecule is COC(=O)c1ccnc(Sc2nc3ccccc3s2)c1N. The van der Waals surface area contributed by atoms with Crippen LogP contribution in [-0.2, 0) is 4.74 Å². The van der Waals surface area contributed by atoms with Crippen molar-refractivity contribution in [2.75, 3.05) is 12.8 Å². The molecule has 0 saturated carbocycles. The number of anilines is 1. The number of esters is 1. The maximum atomic E-state index is 11.6. The average Bonchev–Trinajstić information content (AvgIpc) is 2.91. The zero-order valence-corrected chi connectivity index (χ0v) is 12.7. The van der Waals surface area contributed by atoms with Crippen LogP contribution in [0, 0.1) is 0 Å². The second kappa shape index (κ2) is 5.71. The lowest BCUT2D eigenvalue weighted by molar-refractivity contribution is 0.0601. The van der Waals surface area contributed by atoms with Crippen molar-refractivity contribution in [1.29, 1.82) is 0 Å². The van der Waals surface area contributed by atoms with E-state index in [4.69, 9.17) is 10.5 Å². The summed E-state index contributed by atoms with van der Waals surface area (Å²) in [7, 11) is 1.32. The van der Waals surface area contributed by atoms with Crippen molar-refractivity contribution in [1.82, 2.24) is 9.97 Å². The van der Waals surface area contributed by atoms with E-state index in [1.807, 2.05) is 24.3 Å². The van der Waals surface area contributed by atoms with Crippen molar-refractivity contribution in [3.63, 3.8) is 0 Å². The highest BCUT2D eigenvalue weighted by Crippen LogP contribution is 2.36. The third-order valence-corrected chi connectivity index (χ3v) is 4.93. The number of hydrogen-bond acceptors (Lipinski definition) is 7. The summed E-state index contributed by atoms with van der Waals surface area (Å²) >= 11 is 2.91. The van der Waals surface area contributed by atoms with Crippen molar-refractivity contribution >= 4 is 45.0 Å². The number of rotatable bonds is 3. The van der Waals surface area contributed by atoms with Gasteiger partial charge in [0.25, 0.3) is 0 Å². The van der Waals surface area contributed by atoms with Crippen LogP contribution in [-0.4, -0.2) is 23.0 Å². The van der Waals surface area contributed by atoms with Crippen LogP contribution in [0.2, 0.25) is 0 Å². The fourth-order valence-electron chi connectivity index (χ4n) is 1.80. The van der Waals surface area contributed by atoms with Gasteiger partial charge in [0.15, 0.2) is 4.34 Å². The number of para-hydroxylation sites is 1. The summed E-state index contributed by atoms with van der Waals surface area (Å²) in [5.74, 6) is -0.471. The predicted octanol–water partition coefficient (Wildman–Crippen LogP) is 3.21. The summed E-state index contributed by atoms with van der Waals surface area (Å²) < 4.78 is 6.63. The summed E-state index contributed by atoms with van der Waals surface area (Å²) in [4.78, 5) is 20.4. The van der Waals surface area contributed by atoms with E-state index in [2.05, 4.69) is 9.97 Å². The first kappa shape index (κ1) is 13.8. The Hall–Kier alpha value is -2.12. The van der Waals surface area contributed by atoms with Gasteiger partial charge < -0.3 is 10.5 Å². The molecule has 0 atom stereocenters. The molecule has 2 N–H and O–H groups in total. The monoisotopic (exact) mass is 317 g/mol. The first-order valence-electron chi connectivity index (χ1n) is 6.05. The predicted molar refractivity (Wildman–Crippen MR) is 83.7 cm³/mol. The van der Waals surface area contributed by atoms with E-state index in [1.54, 1.807) is 17.4 Å². The van der Waals surface area contributed by atoms with Crippen LogP contribution < -0.4 is 5.73 Å². The molecule has 2 heterocycles. The zero-order chi connectivity index (χ0) is 14.8. The van der Waals surface area contributed by atoms with E-state index in [-0.39, 0.29) is 0 Å². The molecule has 0 radical (unpaired) electrons. The number of benzene rings is 1. The van der Waals surface area contributed by atoms with Gasteiger partial charge in [-0.3, -0.25) is 0 Å². The lowest BCUT2D eigenvalue weighted by Crippen LogP contribution is -2.07. The number of aromatic nitrogens is 2. The standard InChI is InChI=1S/C14H11N3O2S2/c1-19-13(18)8-6-7-16-12(11(8)15)21-14-17-9-4-2-3-5-10(9)20-14/h2-7H,15H2,1H3. The third-order valence-electron chi connectivity index (χ3n) is 2.82. The van der Waals surface area contributed by atoms with Gasteiger partial charge in [-0.1, -0.05) is 12.1 Å². The molecule has 2 aromatic heterocycles. The number of ether oxygens (including phenoxy) is 1. The molecule has 0 spiro atoms. The number of fused-ring (bicyclic) bond motifs is 1. The molecule has 0 saturated heterocycles. The highest BCUT2D eigenvalue weighted by Gasteiger charge is 2.16. The largest absolute Gasteiger partial charge is 0.465 e. The minimum atomic E-state index is -0.471. The minimum absolute atomic E-state index is 0.314. The Morgan fingerprint density at radius 1 is 1.33 bits per heavy atom. The summed E-state index contributed by atoms with van der Waals surface area (Å²) in [6, 6.07) is 9.43. The molecule has 0 bridgehead atoms. The van der Waals surface area contributed by atoms with Gasteiger partial charge in [-0.2, -0.15) is 0 Å². The second-order valence-electron chi connectivity index (χ2n) is 4.12. The number of nitrogen functional groups attached to an aromatic ring is 1. The molecule has 1 aromatic carbocycles. The molecule has 0 unspecified atom stereocenters. The van der Waals surface area contributed by atoms with Crippen molar-refractivity contribution < 1.29 is 9.53 Å². The van der Waals surface area contributed by atoms with E-state index in [9.17, 15) is 4.79 Å². The normalized spacial score (nSPS) is 10.7. The lowest BCUT2D eigenvalue weighted by atomic mass is 10.2. The summed E-state index contributed by atoms with van der Waals surface area (Å²) in [5, 5.41) is 0.553. The van der Waals surface area contributed by atoms with Crippen molar-refractivity contribution in [3.8, 4) is 0 Å². The Bertz CT molecular complexity index is 784. The number of nitrogens with two attached hydrogens (primary N) is 1. The number of carbonyl (C=O) groups excluding carboxylic acids is 1. The molecule has 3 aromatic rings. The number of methoxy groups -OCH3 is 1. The zero-order valence-electron chi connectivity index (χ0n) is 11.1. The molecular weight excluding hydrogens is 306 g/mol. The highest BCUT2D eigenvalue weighted by molar-refractivity contribution is 8.01. The summed E-state index contributed by atoms with van der Waals surface area (Å²) in [6.45, 7) is 0. The van der Waals surface area contributed by atoms with E-state index in [0.29, 0.717) is 16.3 Å². The summed E-state index contributed by atoms with van der Waals surface area (Å²) in [5.41, 5.74) is 7.56. The van der Waals surface area contributed by atoms with Crippen LogP contribution in [0.3, 0.4) is 0 Å². The minimum Gasteiger partial charge on any atom is -0.465 e. The van der Waals surface area contributed by atoms with Crippen LogP contribution >= 0.6 is 23.1 Å². The van der Waals surface area contributed by atoms with Crippen LogP contribution in [0.1, 0.15) is 10.4 Å². The Kier molecular flexibility index (Phi) is 3.76. The first-order chi connectivity index (χ1) is 10.2. The van der Waals surface area contributed by atoms with Crippen LogP contribution in [0.25, 0.3) is 10.2 Å². The Morgan fingerprint density at radius 3 is 2.90 bits per heavy atom. The van der Waals surface area contributed by atoms with Gasteiger partial charge in [0.1, 0.15) is 5.03 Å². The van der Waals surface area contributed by atoms with Gasteiger partial charge in [0.05, 0.1) is 28.6 Å². The quantitative estimate of drug-likeness (QED) is 0.747.